The van der Waals surface area contributed by atoms with E-state index in [1.807, 2.05) is 6.07 Å². The Balaban J connectivity index is 2.33. The summed E-state index contributed by atoms with van der Waals surface area (Å²) >= 11 is 5.77. The number of hydrogen-bond donors (Lipinski definition) is 1. The molecule has 0 saturated carbocycles. The van der Waals surface area contributed by atoms with Crippen LogP contribution in [0.15, 0.2) is 42.5 Å². The van der Waals surface area contributed by atoms with Gasteiger partial charge >= 0.3 is 0 Å². The van der Waals surface area contributed by atoms with Crippen LogP contribution in [0.1, 0.15) is 5.56 Å². The molecule has 94 valence electrons. The average molecular weight is 274 g/mol. The Hall–Kier alpha value is -2.58. The first-order valence-corrected chi connectivity index (χ1v) is 5.69. The lowest BCUT2D eigenvalue weighted by atomic mass is 10.1. The van der Waals surface area contributed by atoms with Crippen LogP contribution in [-0.4, -0.2) is 4.92 Å². The number of nitrogens with zero attached hydrogens (tertiary/aromatic N) is 2. The van der Waals surface area contributed by atoms with E-state index in [9.17, 15) is 10.1 Å². The van der Waals surface area contributed by atoms with Crippen molar-refractivity contribution in [2.45, 2.75) is 0 Å². The van der Waals surface area contributed by atoms with Crippen molar-refractivity contribution in [1.82, 2.24) is 0 Å². The van der Waals surface area contributed by atoms with E-state index in [2.05, 4.69) is 5.32 Å². The number of nitriles is 1. The van der Waals surface area contributed by atoms with Gasteiger partial charge in [-0.2, -0.15) is 5.26 Å². The van der Waals surface area contributed by atoms with Crippen LogP contribution in [0.5, 0.6) is 0 Å². The van der Waals surface area contributed by atoms with Crippen molar-refractivity contribution in [2.24, 2.45) is 0 Å². The number of rotatable bonds is 3. The van der Waals surface area contributed by atoms with E-state index in [0.717, 1.165) is 5.69 Å². The van der Waals surface area contributed by atoms with Crippen LogP contribution in [0.2, 0.25) is 5.02 Å². The quantitative estimate of drug-likeness (QED) is 0.680. The van der Waals surface area contributed by atoms with Crippen LogP contribution in [0.3, 0.4) is 0 Å². The number of hydrogen-bond acceptors (Lipinski definition) is 4. The van der Waals surface area contributed by atoms with Gasteiger partial charge < -0.3 is 5.32 Å². The van der Waals surface area contributed by atoms with Gasteiger partial charge in [0.1, 0.15) is 6.07 Å². The molecule has 19 heavy (non-hydrogen) atoms. The fourth-order valence-corrected chi connectivity index (χ4v) is 1.66. The van der Waals surface area contributed by atoms with Gasteiger partial charge in [0.15, 0.2) is 0 Å². The summed E-state index contributed by atoms with van der Waals surface area (Å²) in [5.74, 6) is 0. The SMILES string of the molecule is N#Cc1cc([N+](=O)[O-])ccc1Nc1ccc(Cl)cc1. The van der Waals surface area contributed by atoms with Crippen molar-refractivity contribution in [3.05, 3.63) is 63.2 Å². The normalized spacial score (nSPS) is 9.68. The smallest absolute Gasteiger partial charge is 0.270 e. The number of nitrogens with one attached hydrogen (secondary N) is 1. The fraction of sp³-hybridized carbons (Fsp3) is 0. The van der Waals surface area contributed by atoms with Gasteiger partial charge in [0.25, 0.3) is 5.69 Å². The van der Waals surface area contributed by atoms with E-state index in [-0.39, 0.29) is 11.3 Å². The molecule has 0 aliphatic carbocycles. The van der Waals surface area contributed by atoms with E-state index in [1.165, 1.54) is 18.2 Å². The summed E-state index contributed by atoms with van der Waals surface area (Å²) in [5.41, 5.74) is 1.35. The second-order valence-electron chi connectivity index (χ2n) is 3.73. The molecule has 0 aliphatic heterocycles. The summed E-state index contributed by atoms with van der Waals surface area (Å²) in [6.07, 6.45) is 0. The number of anilines is 2. The Morgan fingerprint density at radius 2 is 1.89 bits per heavy atom. The molecule has 0 aromatic heterocycles. The van der Waals surface area contributed by atoms with E-state index in [0.29, 0.717) is 10.7 Å². The predicted molar refractivity (Wildman–Crippen MR) is 72.5 cm³/mol. The average Bonchev–Trinajstić information content (AvgIpc) is 2.41. The maximum Gasteiger partial charge on any atom is 0.270 e. The molecule has 0 atom stereocenters. The molecule has 5 nitrogen and oxygen atoms in total. The molecular weight excluding hydrogens is 266 g/mol. The van der Waals surface area contributed by atoms with E-state index in [4.69, 9.17) is 16.9 Å². The molecule has 0 bridgehead atoms. The first kappa shape index (κ1) is 12.9. The van der Waals surface area contributed by atoms with Crippen molar-refractivity contribution >= 4 is 28.7 Å². The van der Waals surface area contributed by atoms with E-state index >= 15 is 0 Å². The van der Waals surface area contributed by atoms with Crippen LogP contribution in [0.4, 0.5) is 17.1 Å². The minimum absolute atomic E-state index is 0.113. The van der Waals surface area contributed by atoms with Gasteiger partial charge in [-0.25, -0.2) is 0 Å². The van der Waals surface area contributed by atoms with Gasteiger partial charge in [-0.15, -0.1) is 0 Å². The minimum Gasteiger partial charge on any atom is -0.354 e. The minimum atomic E-state index is -0.535. The number of nitro benzene ring substituents is 1. The van der Waals surface area contributed by atoms with Crippen LogP contribution >= 0.6 is 11.6 Å². The van der Waals surface area contributed by atoms with Gasteiger partial charge in [0.05, 0.1) is 16.2 Å². The molecule has 0 aliphatic rings. The van der Waals surface area contributed by atoms with Crippen LogP contribution in [0.25, 0.3) is 0 Å². The van der Waals surface area contributed by atoms with Crippen molar-refractivity contribution in [3.63, 3.8) is 0 Å². The molecule has 0 amide bonds. The topological polar surface area (TPSA) is 79.0 Å². The second kappa shape index (κ2) is 5.38. The first-order chi connectivity index (χ1) is 9.10. The number of nitro groups is 1. The highest BCUT2D eigenvalue weighted by molar-refractivity contribution is 6.30. The molecule has 0 spiro atoms. The Labute approximate surface area is 114 Å². The molecule has 2 rings (SSSR count). The van der Waals surface area contributed by atoms with Crippen LogP contribution in [-0.2, 0) is 0 Å². The predicted octanol–water partition coefficient (Wildman–Crippen LogP) is 3.86. The van der Waals surface area contributed by atoms with Gasteiger partial charge in [-0.05, 0) is 30.3 Å². The number of benzene rings is 2. The number of halogens is 1. The highest BCUT2D eigenvalue weighted by atomic mass is 35.5. The van der Waals surface area contributed by atoms with Crippen LogP contribution in [0, 0.1) is 21.4 Å². The zero-order valence-corrected chi connectivity index (χ0v) is 10.4. The Bertz CT molecular complexity index is 663. The van der Waals surface area contributed by atoms with Gasteiger partial charge in [-0.1, -0.05) is 11.6 Å². The summed E-state index contributed by atoms with van der Waals surface area (Å²) in [5, 5.41) is 23.3. The van der Waals surface area contributed by atoms with Gasteiger partial charge in [0, 0.05) is 22.8 Å². The lowest BCUT2D eigenvalue weighted by molar-refractivity contribution is -0.384. The second-order valence-corrected chi connectivity index (χ2v) is 4.17. The molecular formula is C13H8ClN3O2. The third-order valence-corrected chi connectivity index (χ3v) is 2.71. The largest absolute Gasteiger partial charge is 0.354 e. The van der Waals surface area contributed by atoms with Crippen molar-refractivity contribution in [3.8, 4) is 6.07 Å². The van der Waals surface area contributed by atoms with Crippen molar-refractivity contribution in [2.75, 3.05) is 5.32 Å². The molecule has 6 heteroatoms. The highest BCUT2D eigenvalue weighted by Gasteiger charge is 2.10. The zero-order valence-electron chi connectivity index (χ0n) is 9.63. The molecule has 1 N–H and O–H groups in total. The third-order valence-electron chi connectivity index (χ3n) is 2.46. The number of non-ortho nitro benzene ring substituents is 1. The molecule has 0 fully saturated rings. The first-order valence-electron chi connectivity index (χ1n) is 5.31. The molecule has 0 saturated heterocycles. The maximum absolute atomic E-state index is 10.6. The monoisotopic (exact) mass is 273 g/mol. The molecule has 2 aromatic rings. The summed E-state index contributed by atoms with van der Waals surface area (Å²) in [7, 11) is 0. The highest BCUT2D eigenvalue weighted by Crippen LogP contribution is 2.25. The summed E-state index contributed by atoms with van der Waals surface area (Å²) in [6.45, 7) is 0. The lowest BCUT2D eigenvalue weighted by Gasteiger charge is -2.08. The summed E-state index contributed by atoms with van der Waals surface area (Å²) in [6, 6.07) is 12.9. The molecule has 0 unspecified atom stereocenters. The Kier molecular flexibility index (Phi) is 3.64. The third kappa shape index (κ3) is 3.00. The van der Waals surface area contributed by atoms with E-state index in [1.54, 1.807) is 24.3 Å². The Morgan fingerprint density at radius 3 is 2.47 bits per heavy atom. The summed E-state index contributed by atoms with van der Waals surface area (Å²) in [4.78, 5) is 10.1. The molecule has 2 aromatic carbocycles. The Morgan fingerprint density at radius 1 is 1.21 bits per heavy atom. The van der Waals surface area contributed by atoms with Gasteiger partial charge in [0.2, 0.25) is 0 Å². The molecule has 0 radical (unpaired) electrons. The standard InChI is InChI=1S/C13H8ClN3O2/c14-10-1-3-11(4-2-10)16-13-6-5-12(17(18)19)7-9(13)8-15/h1-7,16H. The molecule has 0 heterocycles. The van der Waals surface area contributed by atoms with E-state index < -0.39 is 4.92 Å². The zero-order chi connectivity index (χ0) is 13.8. The fourth-order valence-electron chi connectivity index (χ4n) is 1.54. The summed E-state index contributed by atoms with van der Waals surface area (Å²) < 4.78 is 0. The van der Waals surface area contributed by atoms with Crippen LogP contribution < -0.4 is 5.32 Å². The van der Waals surface area contributed by atoms with Gasteiger partial charge in [-0.3, -0.25) is 10.1 Å². The van der Waals surface area contributed by atoms with Crippen molar-refractivity contribution < 1.29 is 4.92 Å². The lowest BCUT2D eigenvalue weighted by Crippen LogP contribution is -1.95. The maximum atomic E-state index is 10.6. The van der Waals surface area contributed by atoms with Crippen molar-refractivity contribution in [1.29, 1.82) is 5.26 Å².